The third kappa shape index (κ3) is 5.44. The van der Waals surface area contributed by atoms with Gasteiger partial charge in [0.1, 0.15) is 5.69 Å². The van der Waals surface area contributed by atoms with Crippen molar-refractivity contribution in [1.82, 2.24) is 24.8 Å². The van der Waals surface area contributed by atoms with Gasteiger partial charge in [-0.15, -0.1) is 0 Å². The van der Waals surface area contributed by atoms with Crippen molar-refractivity contribution < 1.29 is 14.7 Å². The molecule has 4 heterocycles. The summed E-state index contributed by atoms with van der Waals surface area (Å²) in [5.74, 6) is -0.239. The number of anilines is 1. The van der Waals surface area contributed by atoms with Crippen molar-refractivity contribution in [3.05, 3.63) is 83.3 Å². The Labute approximate surface area is 196 Å². The number of rotatable bonds is 4. The lowest BCUT2D eigenvalue weighted by molar-refractivity contribution is -0.122. The Balaban J connectivity index is 0.000000868. The maximum Gasteiger partial charge on any atom is 0.290 e. The van der Waals surface area contributed by atoms with E-state index in [4.69, 9.17) is 9.90 Å². The number of carboxylic acid groups (broad SMARTS) is 1. The van der Waals surface area contributed by atoms with Gasteiger partial charge in [-0.3, -0.25) is 24.5 Å². The molecular weight excluding hydrogens is 432 g/mol. The van der Waals surface area contributed by atoms with Crippen LogP contribution < -0.4 is 5.32 Å². The van der Waals surface area contributed by atoms with Crippen LogP contribution in [0.1, 0.15) is 39.3 Å². The van der Waals surface area contributed by atoms with Crippen LogP contribution in [0.5, 0.6) is 0 Å². The first kappa shape index (κ1) is 23.1. The molecule has 3 N–H and O–H groups in total. The monoisotopic (exact) mass is 458 g/mol. The molecule has 4 aromatic rings. The van der Waals surface area contributed by atoms with Crippen LogP contribution in [0, 0.1) is 6.92 Å². The molecular formula is C25H26N6O3. The Hall–Kier alpha value is -4.11. The van der Waals surface area contributed by atoms with E-state index in [1.165, 1.54) is 28.3 Å². The molecule has 0 radical (unpaired) electrons. The van der Waals surface area contributed by atoms with Gasteiger partial charge in [-0.25, -0.2) is 4.98 Å². The molecule has 9 heteroatoms. The first-order valence-electron chi connectivity index (χ1n) is 11.0. The summed E-state index contributed by atoms with van der Waals surface area (Å²) in [5.41, 5.74) is 6.88. The topological polar surface area (TPSA) is 124 Å². The summed E-state index contributed by atoms with van der Waals surface area (Å²) < 4.78 is 0. The Morgan fingerprint density at radius 1 is 1.21 bits per heavy atom. The molecule has 0 fully saturated rings. The van der Waals surface area contributed by atoms with Gasteiger partial charge in [0.25, 0.3) is 12.4 Å². The minimum Gasteiger partial charge on any atom is -0.483 e. The predicted octanol–water partition coefficient (Wildman–Crippen LogP) is 3.56. The number of benzene rings is 1. The molecule has 0 aliphatic carbocycles. The van der Waals surface area contributed by atoms with E-state index in [0.717, 1.165) is 49.4 Å². The zero-order valence-electron chi connectivity index (χ0n) is 18.9. The van der Waals surface area contributed by atoms with Crippen LogP contribution in [0.3, 0.4) is 0 Å². The van der Waals surface area contributed by atoms with Gasteiger partial charge in [-0.1, -0.05) is 6.07 Å². The summed E-state index contributed by atoms with van der Waals surface area (Å²) in [7, 11) is 0. The zero-order valence-corrected chi connectivity index (χ0v) is 18.9. The number of nitrogens with one attached hydrogen (secondary N) is 2. The number of aromatic amines is 1. The number of hydrogen-bond acceptors (Lipinski definition) is 6. The molecule has 0 saturated carbocycles. The summed E-state index contributed by atoms with van der Waals surface area (Å²) >= 11 is 0. The van der Waals surface area contributed by atoms with Crippen LogP contribution in [0.4, 0.5) is 5.69 Å². The molecule has 34 heavy (non-hydrogen) atoms. The number of fused-ring (bicyclic) bond motifs is 2. The van der Waals surface area contributed by atoms with Gasteiger partial charge in [0, 0.05) is 42.8 Å². The molecule has 0 spiro atoms. The van der Waals surface area contributed by atoms with Gasteiger partial charge < -0.3 is 15.4 Å². The van der Waals surface area contributed by atoms with Crippen LogP contribution in [-0.4, -0.2) is 48.9 Å². The van der Waals surface area contributed by atoms with Crippen LogP contribution in [-0.2, 0) is 24.3 Å². The lowest BCUT2D eigenvalue weighted by Crippen LogP contribution is -2.22. The van der Waals surface area contributed by atoms with Crippen molar-refractivity contribution in [1.29, 1.82) is 0 Å². The van der Waals surface area contributed by atoms with E-state index >= 15 is 0 Å². The number of carbonyl (C=O) groups is 2. The van der Waals surface area contributed by atoms with E-state index in [1.54, 1.807) is 6.20 Å². The smallest absolute Gasteiger partial charge is 0.290 e. The van der Waals surface area contributed by atoms with Crippen LogP contribution >= 0.6 is 0 Å². The molecule has 0 unspecified atom stereocenters. The van der Waals surface area contributed by atoms with Gasteiger partial charge in [-0.05, 0) is 61.2 Å². The average molecular weight is 459 g/mol. The molecule has 174 valence electrons. The van der Waals surface area contributed by atoms with Crippen LogP contribution in [0.15, 0.2) is 55.2 Å². The Bertz CT molecular complexity index is 1290. The normalized spacial score (nSPS) is 13.3. The third-order valence-corrected chi connectivity index (χ3v) is 5.76. The van der Waals surface area contributed by atoms with Crippen molar-refractivity contribution in [3.63, 3.8) is 0 Å². The first-order chi connectivity index (χ1) is 16.6. The molecule has 0 bridgehead atoms. The molecule has 0 saturated heterocycles. The number of H-pyrrole nitrogens is 1. The fourth-order valence-corrected chi connectivity index (χ4v) is 4.15. The highest BCUT2D eigenvalue weighted by atomic mass is 16.3. The highest BCUT2D eigenvalue weighted by molar-refractivity contribution is 6.02. The fraction of sp³-hybridized carbons (Fsp3) is 0.240. The number of nitrogens with zero attached hydrogens (tertiary/aromatic N) is 4. The van der Waals surface area contributed by atoms with E-state index in [-0.39, 0.29) is 12.4 Å². The number of aromatic nitrogens is 4. The Morgan fingerprint density at radius 2 is 2.06 bits per heavy atom. The largest absolute Gasteiger partial charge is 0.483 e. The summed E-state index contributed by atoms with van der Waals surface area (Å²) in [5, 5.41) is 11.1. The van der Waals surface area contributed by atoms with E-state index in [9.17, 15) is 4.79 Å². The van der Waals surface area contributed by atoms with Crippen molar-refractivity contribution in [2.45, 2.75) is 32.9 Å². The van der Waals surface area contributed by atoms with Crippen molar-refractivity contribution in [2.75, 3.05) is 11.9 Å². The number of amides is 1. The lowest BCUT2D eigenvalue weighted by Gasteiger charge is -2.20. The average Bonchev–Trinajstić information content (AvgIpc) is 3.12. The van der Waals surface area contributed by atoms with E-state index in [1.807, 2.05) is 25.4 Å². The molecule has 0 atom stereocenters. The standard InChI is InChI=1S/C24H24N6O.CH2O2/c1-16-10-27-23(13-26-16)24(31)29-20-5-4-18-14-30(8-2-3-17(18)9-20)15-19-11-28-22-12-25-7-6-21(19)22;2-1-3/h4-7,9-13,28H,2-3,8,14-15H2,1H3,(H,29,31);1H,(H,2,3). The third-order valence-electron chi connectivity index (χ3n) is 5.76. The molecule has 9 nitrogen and oxygen atoms in total. The van der Waals surface area contributed by atoms with E-state index in [2.05, 4.69) is 54.5 Å². The van der Waals surface area contributed by atoms with Gasteiger partial charge in [0.05, 0.1) is 23.6 Å². The number of hydrogen-bond donors (Lipinski definition) is 3. The number of aryl methyl sites for hydroxylation is 2. The van der Waals surface area contributed by atoms with Gasteiger partial charge in [0.15, 0.2) is 0 Å². The molecule has 1 amide bonds. The summed E-state index contributed by atoms with van der Waals surface area (Å²) in [4.78, 5) is 39.1. The second-order valence-corrected chi connectivity index (χ2v) is 8.14. The quantitative estimate of drug-likeness (QED) is 0.399. The Kier molecular flexibility index (Phi) is 7.24. The summed E-state index contributed by atoms with van der Waals surface area (Å²) in [6.07, 6.45) is 11.0. The molecule has 3 aromatic heterocycles. The second-order valence-electron chi connectivity index (χ2n) is 8.14. The van der Waals surface area contributed by atoms with Crippen molar-refractivity contribution in [3.8, 4) is 0 Å². The SMILES string of the molecule is Cc1cnc(C(=O)Nc2ccc3c(c2)CCCN(Cc2c[nH]c4cnccc24)C3)cn1.O=CO. The van der Waals surface area contributed by atoms with Gasteiger partial charge in [-0.2, -0.15) is 0 Å². The van der Waals surface area contributed by atoms with Gasteiger partial charge in [0.2, 0.25) is 0 Å². The molecule has 1 aliphatic rings. The van der Waals surface area contributed by atoms with Crippen LogP contribution in [0.25, 0.3) is 10.9 Å². The molecule has 1 aromatic carbocycles. The highest BCUT2D eigenvalue weighted by Gasteiger charge is 2.17. The Morgan fingerprint density at radius 3 is 2.85 bits per heavy atom. The van der Waals surface area contributed by atoms with E-state index in [0.29, 0.717) is 5.69 Å². The second kappa shape index (κ2) is 10.7. The number of pyridine rings is 1. The minimum atomic E-state index is -0.250. The predicted molar refractivity (Wildman–Crippen MR) is 128 cm³/mol. The highest BCUT2D eigenvalue weighted by Crippen LogP contribution is 2.25. The summed E-state index contributed by atoms with van der Waals surface area (Å²) in [6.45, 7) is 4.42. The van der Waals surface area contributed by atoms with Crippen molar-refractivity contribution in [2.24, 2.45) is 0 Å². The maximum atomic E-state index is 12.5. The number of carbonyl (C=O) groups excluding carboxylic acids is 1. The first-order valence-corrected chi connectivity index (χ1v) is 11.0. The maximum absolute atomic E-state index is 12.5. The summed E-state index contributed by atoms with van der Waals surface area (Å²) in [6, 6.07) is 8.26. The van der Waals surface area contributed by atoms with Gasteiger partial charge >= 0.3 is 0 Å². The lowest BCUT2D eigenvalue weighted by atomic mass is 10.0. The van der Waals surface area contributed by atoms with E-state index < -0.39 is 0 Å². The minimum absolute atomic E-state index is 0.239. The van der Waals surface area contributed by atoms with Crippen molar-refractivity contribution >= 4 is 29.0 Å². The fourth-order valence-electron chi connectivity index (χ4n) is 4.15. The molecule has 1 aliphatic heterocycles. The zero-order chi connectivity index (χ0) is 23.9. The van der Waals surface area contributed by atoms with Crippen LogP contribution in [0.2, 0.25) is 0 Å². The molecule has 5 rings (SSSR count).